The van der Waals surface area contributed by atoms with E-state index in [4.69, 9.17) is 11.6 Å². The fourth-order valence-corrected chi connectivity index (χ4v) is 4.60. The third-order valence-corrected chi connectivity index (χ3v) is 6.50. The van der Waals surface area contributed by atoms with Gasteiger partial charge in [0.15, 0.2) is 9.84 Å². The second kappa shape index (κ2) is 4.64. The van der Waals surface area contributed by atoms with Crippen molar-refractivity contribution in [1.29, 1.82) is 0 Å². The van der Waals surface area contributed by atoms with Crippen LogP contribution in [0.15, 0.2) is 12.1 Å². The number of halogens is 1. The van der Waals surface area contributed by atoms with Crippen LogP contribution < -0.4 is 5.32 Å². The fourth-order valence-electron chi connectivity index (χ4n) is 1.79. The maximum absolute atomic E-state index is 11.9. The Labute approximate surface area is 105 Å². The van der Waals surface area contributed by atoms with Crippen LogP contribution in [0.3, 0.4) is 0 Å². The fraction of sp³-hybridized carbons (Fsp3) is 0.600. The molecule has 1 saturated heterocycles. The summed E-state index contributed by atoms with van der Waals surface area (Å²) in [5, 5.41) is 3.02. The van der Waals surface area contributed by atoms with E-state index < -0.39 is 9.84 Å². The first-order valence-corrected chi connectivity index (χ1v) is 8.10. The molecule has 2 atom stereocenters. The van der Waals surface area contributed by atoms with Crippen LogP contribution in [-0.2, 0) is 9.84 Å². The molecule has 1 N–H and O–H groups in total. The molecule has 0 bridgehead atoms. The summed E-state index contributed by atoms with van der Waals surface area (Å²) in [7, 11) is -2.98. The van der Waals surface area contributed by atoms with E-state index in [0.29, 0.717) is 10.8 Å². The summed E-state index contributed by atoms with van der Waals surface area (Å²) in [4.78, 5) is 1.00. The molecule has 1 aliphatic rings. The zero-order valence-electron chi connectivity index (χ0n) is 8.94. The molecule has 2 heterocycles. The van der Waals surface area contributed by atoms with Gasteiger partial charge in [-0.25, -0.2) is 8.42 Å². The van der Waals surface area contributed by atoms with E-state index in [0.717, 1.165) is 11.4 Å². The molecule has 3 nitrogen and oxygen atoms in total. The predicted molar refractivity (Wildman–Crippen MR) is 67.9 cm³/mol. The monoisotopic (exact) mass is 279 g/mol. The molecule has 1 aliphatic heterocycles. The maximum Gasteiger partial charge on any atom is 0.154 e. The third-order valence-electron chi connectivity index (χ3n) is 2.89. The van der Waals surface area contributed by atoms with Gasteiger partial charge in [-0.2, -0.15) is 0 Å². The van der Waals surface area contributed by atoms with Crippen LogP contribution >= 0.6 is 22.9 Å². The van der Waals surface area contributed by atoms with Crippen LogP contribution in [0.1, 0.15) is 24.3 Å². The van der Waals surface area contributed by atoms with Gasteiger partial charge in [0, 0.05) is 4.88 Å². The van der Waals surface area contributed by atoms with Gasteiger partial charge in [0.1, 0.15) is 0 Å². The largest absolute Gasteiger partial charge is 0.308 e. The zero-order chi connectivity index (χ0) is 11.8. The van der Waals surface area contributed by atoms with Gasteiger partial charge in [0.05, 0.1) is 21.4 Å². The summed E-state index contributed by atoms with van der Waals surface area (Å²) < 4.78 is 24.5. The quantitative estimate of drug-likeness (QED) is 0.858. The second-order valence-electron chi connectivity index (χ2n) is 4.08. The van der Waals surface area contributed by atoms with Gasteiger partial charge in [-0.3, -0.25) is 0 Å². The first kappa shape index (κ1) is 12.4. The van der Waals surface area contributed by atoms with E-state index in [2.05, 4.69) is 5.32 Å². The van der Waals surface area contributed by atoms with E-state index in [-0.39, 0.29) is 17.0 Å². The number of hydrogen-bond donors (Lipinski definition) is 1. The summed E-state index contributed by atoms with van der Waals surface area (Å²) in [5.41, 5.74) is 0. The highest BCUT2D eigenvalue weighted by molar-refractivity contribution is 7.92. The Morgan fingerprint density at radius 3 is 2.88 bits per heavy atom. The standard InChI is InChI=1S/C10H14ClNO2S2/c1-7-4-5-12-8(6-16(7,13)14)9-2-3-10(11)15-9/h2-3,7-8,12H,4-6H2,1H3. The van der Waals surface area contributed by atoms with Crippen molar-refractivity contribution in [3.63, 3.8) is 0 Å². The van der Waals surface area contributed by atoms with Crippen molar-refractivity contribution in [1.82, 2.24) is 5.32 Å². The van der Waals surface area contributed by atoms with Gasteiger partial charge >= 0.3 is 0 Å². The van der Waals surface area contributed by atoms with Crippen molar-refractivity contribution in [2.24, 2.45) is 0 Å². The van der Waals surface area contributed by atoms with Crippen molar-refractivity contribution in [2.45, 2.75) is 24.6 Å². The highest BCUT2D eigenvalue weighted by Crippen LogP contribution is 2.29. The van der Waals surface area contributed by atoms with Crippen molar-refractivity contribution in [3.8, 4) is 0 Å². The molecule has 0 saturated carbocycles. The molecule has 0 amide bonds. The van der Waals surface area contributed by atoms with E-state index in [1.165, 1.54) is 11.3 Å². The molecule has 2 rings (SSSR count). The minimum absolute atomic E-state index is 0.104. The van der Waals surface area contributed by atoms with Crippen LogP contribution in [0.25, 0.3) is 0 Å². The van der Waals surface area contributed by atoms with E-state index in [1.807, 2.05) is 12.1 Å². The lowest BCUT2D eigenvalue weighted by Crippen LogP contribution is -2.25. The number of thiophene rings is 1. The van der Waals surface area contributed by atoms with Crippen LogP contribution in [0, 0.1) is 0 Å². The van der Waals surface area contributed by atoms with Crippen molar-refractivity contribution >= 4 is 32.8 Å². The van der Waals surface area contributed by atoms with Crippen LogP contribution in [-0.4, -0.2) is 26.0 Å². The van der Waals surface area contributed by atoms with Gasteiger partial charge in [0.25, 0.3) is 0 Å². The molecule has 0 spiro atoms. The van der Waals surface area contributed by atoms with E-state index >= 15 is 0 Å². The summed E-state index contributed by atoms with van der Waals surface area (Å²) in [6, 6.07) is 3.60. The van der Waals surface area contributed by atoms with Crippen molar-refractivity contribution in [2.75, 3.05) is 12.3 Å². The molecule has 0 radical (unpaired) electrons. The first-order valence-electron chi connectivity index (χ1n) is 5.19. The number of rotatable bonds is 1. The van der Waals surface area contributed by atoms with Gasteiger partial charge in [-0.05, 0) is 32.0 Å². The van der Waals surface area contributed by atoms with Gasteiger partial charge in [0.2, 0.25) is 0 Å². The topological polar surface area (TPSA) is 46.2 Å². The normalized spacial score (nSPS) is 29.9. The lowest BCUT2D eigenvalue weighted by Gasteiger charge is -2.13. The Bertz CT molecular complexity index is 469. The Morgan fingerprint density at radius 1 is 1.50 bits per heavy atom. The van der Waals surface area contributed by atoms with Crippen LogP contribution in [0.2, 0.25) is 4.34 Å². The number of hydrogen-bond acceptors (Lipinski definition) is 4. The lowest BCUT2D eigenvalue weighted by molar-refractivity contribution is 0.576. The Hall–Kier alpha value is -0.100. The molecule has 6 heteroatoms. The third kappa shape index (κ3) is 2.59. The predicted octanol–water partition coefficient (Wildman–Crippen LogP) is 2.24. The highest BCUT2D eigenvalue weighted by atomic mass is 35.5. The summed E-state index contributed by atoms with van der Waals surface area (Å²) in [6.07, 6.45) is 0.679. The lowest BCUT2D eigenvalue weighted by atomic mass is 10.2. The molecular formula is C10H14ClNO2S2. The zero-order valence-corrected chi connectivity index (χ0v) is 11.3. The van der Waals surface area contributed by atoms with Gasteiger partial charge < -0.3 is 5.32 Å². The van der Waals surface area contributed by atoms with Gasteiger partial charge in [-0.15, -0.1) is 11.3 Å². The summed E-state index contributed by atoms with van der Waals surface area (Å²) in [5.74, 6) is 0.172. The Balaban J connectivity index is 2.24. The SMILES string of the molecule is CC1CCNC(c2ccc(Cl)s2)CS1(=O)=O. The average Bonchev–Trinajstić information content (AvgIpc) is 2.57. The molecule has 1 aromatic heterocycles. The number of sulfone groups is 1. The molecule has 1 aromatic rings. The average molecular weight is 280 g/mol. The summed E-state index contributed by atoms with van der Waals surface area (Å²) in [6.45, 7) is 2.52. The molecule has 2 unspecified atom stereocenters. The maximum atomic E-state index is 11.9. The molecule has 16 heavy (non-hydrogen) atoms. The highest BCUT2D eigenvalue weighted by Gasteiger charge is 2.29. The van der Waals surface area contributed by atoms with E-state index in [1.54, 1.807) is 6.92 Å². The second-order valence-corrected chi connectivity index (χ2v) is 8.29. The molecule has 90 valence electrons. The molecule has 0 aliphatic carbocycles. The molecule has 1 fully saturated rings. The Kier molecular flexibility index (Phi) is 3.59. The summed E-state index contributed by atoms with van der Waals surface area (Å²) >= 11 is 7.31. The Morgan fingerprint density at radius 2 is 2.25 bits per heavy atom. The molecule has 0 aromatic carbocycles. The number of nitrogens with one attached hydrogen (secondary N) is 1. The van der Waals surface area contributed by atoms with Crippen molar-refractivity contribution in [3.05, 3.63) is 21.3 Å². The minimum Gasteiger partial charge on any atom is -0.308 e. The first-order chi connectivity index (χ1) is 7.49. The van der Waals surface area contributed by atoms with E-state index in [9.17, 15) is 8.42 Å². The van der Waals surface area contributed by atoms with Crippen LogP contribution in [0.5, 0.6) is 0 Å². The van der Waals surface area contributed by atoms with Crippen molar-refractivity contribution < 1.29 is 8.42 Å². The van der Waals surface area contributed by atoms with Crippen LogP contribution in [0.4, 0.5) is 0 Å². The minimum atomic E-state index is -2.98. The smallest absolute Gasteiger partial charge is 0.154 e. The van der Waals surface area contributed by atoms with Gasteiger partial charge in [-0.1, -0.05) is 11.6 Å². The molecular weight excluding hydrogens is 266 g/mol.